The van der Waals surface area contributed by atoms with E-state index in [0.29, 0.717) is 5.65 Å². The van der Waals surface area contributed by atoms with Gasteiger partial charge in [-0.3, -0.25) is 4.98 Å². The van der Waals surface area contributed by atoms with Gasteiger partial charge in [0.05, 0.1) is 17.1 Å². The number of aromatic nitrogens is 6. The number of nitrogens with zero attached hydrogens (tertiary/aromatic N) is 6. The summed E-state index contributed by atoms with van der Waals surface area (Å²) in [6.45, 7) is 7.00. The lowest BCUT2D eigenvalue weighted by Gasteiger charge is -2.04. The van der Waals surface area contributed by atoms with Crippen LogP contribution in [0.15, 0.2) is 24.5 Å². The summed E-state index contributed by atoms with van der Waals surface area (Å²) in [5, 5.41) is 4.67. The molecule has 9 heteroatoms. The molecule has 2 unspecified atom stereocenters. The number of alkyl halides is 2. The summed E-state index contributed by atoms with van der Waals surface area (Å²) >= 11 is 0. The summed E-state index contributed by atoms with van der Waals surface area (Å²) in [5.74, 6) is 1.30. The predicted molar refractivity (Wildman–Crippen MR) is 108 cm³/mol. The van der Waals surface area contributed by atoms with Gasteiger partial charge in [0.25, 0.3) is 0 Å². The van der Waals surface area contributed by atoms with E-state index in [-0.39, 0.29) is 17.6 Å². The van der Waals surface area contributed by atoms with Gasteiger partial charge in [0.1, 0.15) is 11.4 Å². The van der Waals surface area contributed by atoms with E-state index in [4.69, 9.17) is 4.98 Å². The molecule has 0 saturated heterocycles. The van der Waals surface area contributed by atoms with Gasteiger partial charge in [-0.25, -0.2) is 14.5 Å². The quantitative estimate of drug-likeness (QED) is 0.488. The van der Waals surface area contributed by atoms with Crippen molar-refractivity contribution in [2.75, 3.05) is 0 Å². The van der Waals surface area contributed by atoms with Crippen molar-refractivity contribution in [3.8, 4) is 5.75 Å². The normalized spacial score (nSPS) is 18.0. The smallest absolute Gasteiger partial charge is 0.387 e. The Bertz CT molecular complexity index is 1180. The van der Waals surface area contributed by atoms with Gasteiger partial charge in [0, 0.05) is 36.0 Å². The zero-order chi connectivity index (χ0) is 21.6. The number of pyridine rings is 1. The van der Waals surface area contributed by atoms with Crippen LogP contribution in [-0.2, 0) is 0 Å². The molecule has 0 radical (unpaired) electrons. The second-order valence-corrected chi connectivity index (χ2v) is 7.19. The van der Waals surface area contributed by atoms with Gasteiger partial charge in [-0.05, 0) is 33.3 Å². The van der Waals surface area contributed by atoms with Crippen molar-refractivity contribution in [1.29, 1.82) is 0 Å². The summed E-state index contributed by atoms with van der Waals surface area (Å²) in [7, 11) is 0. The van der Waals surface area contributed by atoms with Crippen LogP contribution in [0.25, 0.3) is 11.3 Å². The molecule has 158 valence electrons. The Hall–Kier alpha value is -3.10. The molecule has 0 bridgehead atoms. The van der Waals surface area contributed by atoms with Gasteiger partial charge in [0.2, 0.25) is 0 Å². The van der Waals surface area contributed by atoms with Crippen LogP contribution in [0, 0.1) is 20.8 Å². The SMILES string of the molecule is CC.Cc1ncc(C)n2nc(C3CC3c3nc4cc(OC(F)F)ccn4c3C)nc12. The fraction of sp³-hybridized carbons (Fsp3) is 0.429. The predicted octanol–water partition coefficient (Wildman–Crippen LogP) is 4.60. The van der Waals surface area contributed by atoms with Crippen LogP contribution in [-0.4, -0.2) is 35.6 Å². The molecule has 0 spiro atoms. The van der Waals surface area contributed by atoms with E-state index in [1.807, 2.05) is 43.5 Å². The number of fused-ring (bicyclic) bond motifs is 2. The first-order valence-electron chi connectivity index (χ1n) is 10.0. The van der Waals surface area contributed by atoms with Crippen molar-refractivity contribution in [3.63, 3.8) is 0 Å². The lowest BCUT2D eigenvalue weighted by Crippen LogP contribution is -2.02. The molecule has 1 fully saturated rings. The number of rotatable bonds is 4. The summed E-state index contributed by atoms with van der Waals surface area (Å²) in [6, 6.07) is 3.05. The highest BCUT2D eigenvalue weighted by atomic mass is 19.3. The van der Waals surface area contributed by atoms with E-state index < -0.39 is 6.61 Å². The number of halogens is 2. The Kier molecular flexibility index (Phi) is 5.13. The molecule has 1 aliphatic rings. The molecule has 1 saturated carbocycles. The third kappa shape index (κ3) is 3.38. The van der Waals surface area contributed by atoms with Crippen molar-refractivity contribution in [2.45, 2.75) is 59.5 Å². The second kappa shape index (κ2) is 7.62. The van der Waals surface area contributed by atoms with Crippen LogP contribution in [0.5, 0.6) is 5.75 Å². The molecule has 4 aromatic rings. The van der Waals surface area contributed by atoms with Crippen LogP contribution in [0.3, 0.4) is 0 Å². The number of hydrogen-bond donors (Lipinski definition) is 0. The van der Waals surface area contributed by atoms with Gasteiger partial charge >= 0.3 is 6.61 Å². The van der Waals surface area contributed by atoms with Crippen molar-refractivity contribution in [2.24, 2.45) is 0 Å². The summed E-state index contributed by atoms with van der Waals surface area (Å²) in [4.78, 5) is 13.7. The fourth-order valence-corrected chi connectivity index (χ4v) is 3.74. The van der Waals surface area contributed by atoms with Crippen molar-refractivity contribution >= 4 is 11.3 Å². The van der Waals surface area contributed by atoms with Crippen LogP contribution >= 0.6 is 0 Å². The highest BCUT2D eigenvalue weighted by Crippen LogP contribution is 2.54. The minimum Gasteiger partial charge on any atom is -0.435 e. The Balaban J connectivity index is 0.00000106. The molecule has 0 aromatic carbocycles. The van der Waals surface area contributed by atoms with E-state index in [1.165, 1.54) is 12.1 Å². The molecule has 30 heavy (non-hydrogen) atoms. The summed E-state index contributed by atoms with van der Waals surface area (Å²) in [5.41, 5.74) is 5.09. The molecule has 1 aliphatic carbocycles. The molecule has 7 nitrogen and oxygen atoms in total. The molecule has 4 aromatic heterocycles. The van der Waals surface area contributed by atoms with Gasteiger partial charge in [-0.15, -0.1) is 0 Å². The lowest BCUT2D eigenvalue weighted by molar-refractivity contribution is -0.0498. The van der Waals surface area contributed by atoms with Crippen LogP contribution in [0.2, 0.25) is 0 Å². The van der Waals surface area contributed by atoms with E-state index in [0.717, 1.165) is 40.7 Å². The maximum absolute atomic E-state index is 12.5. The number of aryl methyl sites for hydroxylation is 3. The first-order chi connectivity index (χ1) is 14.4. The average molecular weight is 414 g/mol. The maximum atomic E-state index is 12.5. The zero-order valence-electron chi connectivity index (χ0n) is 17.6. The standard InChI is InChI=1S/C19H18F2N6O.C2H6/c1-9-8-22-10(2)18-24-17(25-27(9)18)14-7-13(14)16-11(3)26-5-4-12(28-19(20)21)6-15(26)23-16;1-2/h4-6,8,13-14,19H,7H2,1-3H3;1-2H3. The van der Waals surface area contributed by atoms with E-state index in [2.05, 4.69) is 19.8 Å². The average Bonchev–Trinajstić information content (AvgIpc) is 3.26. The molecule has 0 N–H and O–H groups in total. The number of hydrogen-bond acceptors (Lipinski definition) is 5. The van der Waals surface area contributed by atoms with Gasteiger partial charge < -0.3 is 9.14 Å². The van der Waals surface area contributed by atoms with Gasteiger partial charge in [-0.1, -0.05) is 13.8 Å². The monoisotopic (exact) mass is 414 g/mol. The first-order valence-corrected chi connectivity index (χ1v) is 10.0. The third-order valence-corrected chi connectivity index (χ3v) is 5.30. The Morgan fingerprint density at radius 2 is 1.90 bits per heavy atom. The second-order valence-electron chi connectivity index (χ2n) is 7.19. The van der Waals surface area contributed by atoms with Gasteiger partial charge in [0.15, 0.2) is 11.5 Å². The van der Waals surface area contributed by atoms with E-state index in [1.54, 1.807) is 12.4 Å². The first kappa shape index (κ1) is 20.2. The Morgan fingerprint density at radius 1 is 1.13 bits per heavy atom. The molecule has 2 atom stereocenters. The van der Waals surface area contributed by atoms with E-state index >= 15 is 0 Å². The van der Waals surface area contributed by atoms with Gasteiger partial charge in [-0.2, -0.15) is 13.9 Å². The minimum atomic E-state index is -2.85. The largest absolute Gasteiger partial charge is 0.435 e. The van der Waals surface area contributed by atoms with Crippen LogP contribution in [0.1, 0.15) is 60.7 Å². The Morgan fingerprint density at radius 3 is 2.60 bits per heavy atom. The molecule has 5 rings (SSSR count). The maximum Gasteiger partial charge on any atom is 0.387 e. The summed E-state index contributed by atoms with van der Waals surface area (Å²) < 4.78 is 33.1. The van der Waals surface area contributed by atoms with Crippen LogP contribution < -0.4 is 4.74 Å². The molecule has 4 heterocycles. The van der Waals surface area contributed by atoms with Crippen molar-refractivity contribution < 1.29 is 13.5 Å². The van der Waals surface area contributed by atoms with Crippen molar-refractivity contribution in [1.82, 2.24) is 29.0 Å². The molecular formula is C21H24F2N6O. The minimum absolute atomic E-state index is 0.104. The zero-order valence-corrected chi connectivity index (χ0v) is 17.6. The topological polar surface area (TPSA) is 69.6 Å². The molecule has 0 aliphatic heterocycles. The highest BCUT2D eigenvalue weighted by molar-refractivity contribution is 5.50. The van der Waals surface area contributed by atoms with Crippen LogP contribution in [0.4, 0.5) is 8.78 Å². The molecule has 0 amide bonds. The number of imidazole rings is 1. The number of ether oxygens (including phenoxy) is 1. The third-order valence-electron chi connectivity index (χ3n) is 5.30. The Labute approximate surface area is 172 Å². The van der Waals surface area contributed by atoms with E-state index in [9.17, 15) is 8.78 Å². The fourth-order valence-electron chi connectivity index (χ4n) is 3.74. The summed E-state index contributed by atoms with van der Waals surface area (Å²) in [6.07, 6.45) is 4.40. The highest BCUT2D eigenvalue weighted by Gasteiger charge is 2.45. The molecular weight excluding hydrogens is 390 g/mol. The lowest BCUT2D eigenvalue weighted by atomic mass is 10.2. The van der Waals surface area contributed by atoms with Crippen molar-refractivity contribution in [3.05, 3.63) is 53.1 Å².